The monoisotopic (exact) mass is 302 g/mol. The molecule has 1 rings (SSSR count). The quantitative estimate of drug-likeness (QED) is 0.498. The fourth-order valence-electron chi connectivity index (χ4n) is 2.21. The number of ketones is 1. The third-order valence-electron chi connectivity index (χ3n) is 3.25. The minimum absolute atomic E-state index is 0.136. The van der Waals surface area contributed by atoms with Gasteiger partial charge < -0.3 is 0 Å². The normalized spacial score (nSPS) is 12.1. The van der Waals surface area contributed by atoms with Crippen LogP contribution >= 0.6 is 0 Å². The molecule has 0 saturated heterocycles. The van der Waals surface area contributed by atoms with E-state index in [2.05, 4.69) is 11.6 Å². The molecule has 0 amide bonds. The summed E-state index contributed by atoms with van der Waals surface area (Å²) in [7, 11) is 1.48. The van der Waals surface area contributed by atoms with Crippen molar-refractivity contribution < 1.29 is 4.79 Å². The molecule has 0 spiro atoms. The Hall–Kier alpha value is -2.43. The molecule has 0 aliphatic heterocycles. The molecule has 5 heteroatoms. The van der Waals surface area contributed by atoms with Crippen LogP contribution in [0.5, 0.6) is 0 Å². The fourth-order valence-corrected chi connectivity index (χ4v) is 2.21. The van der Waals surface area contributed by atoms with E-state index in [1.165, 1.54) is 11.6 Å². The van der Waals surface area contributed by atoms with Gasteiger partial charge in [0.1, 0.15) is 5.69 Å². The second kappa shape index (κ2) is 7.54. The number of hydrogen-bond acceptors (Lipinski definition) is 3. The van der Waals surface area contributed by atoms with Crippen LogP contribution in [0.3, 0.4) is 0 Å². The molecule has 0 unspecified atom stereocenters. The Kier molecular flexibility index (Phi) is 6.04. The number of rotatable bonds is 6. The largest absolute Gasteiger partial charge is 0.328 e. The van der Waals surface area contributed by atoms with Gasteiger partial charge in [0.05, 0.1) is 0 Å². The molecule has 1 aromatic rings. The van der Waals surface area contributed by atoms with Crippen molar-refractivity contribution in [3.05, 3.63) is 68.6 Å². The number of carbonyl (C=O) groups is 1. The van der Waals surface area contributed by atoms with Gasteiger partial charge in [0, 0.05) is 18.2 Å². The lowest BCUT2D eigenvalue weighted by Gasteiger charge is -2.14. The SMILES string of the molecule is C=C/C=C\C(=C/CC)C(=O)c1c(C(C)C)c(=O)[nH]c(=O)n1C. The summed E-state index contributed by atoms with van der Waals surface area (Å²) in [6.07, 6.45) is 7.28. The molecule has 5 nitrogen and oxygen atoms in total. The third kappa shape index (κ3) is 3.61. The van der Waals surface area contributed by atoms with E-state index in [-0.39, 0.29) is 17.4 Å². The Labute approximate surface area is 129 Å². The maximum atomic E-state index is 12.8. The highest BCUT2D eigenvalue weighted by atomic mass is 16.2. The first kappa shape index (κ1) is 17.6. The molecular weight excluding hydrogens is 280 g/mol. The van der Waals surface area contributed by atoms with Crippen LogP contribution in [-0.2, 0) is 7.05 Å². The molecule has 22 heavy (non-hydrogen) atoms. The number of Topliss-reactive ketones (excluding diaryl/α,β-unsaturated/α-hetero) is 1. The molecule has 0 radical (unpaired) electrons. The lowest BCUT2D eigenvalue weighted by atomic mass is 9.96. The molecular formula is C17H22N2O3. The zero-order valence-corrected chi connectivity index (χ0v) is 13.5. The molecule has 0 aromatic carbocycles. The lowest BCUT2D eigenvalue weighted by molar-refractivity contribution is 0.102. The molecule has 1 heterocycles. The number of hydrogen-bond donors (Lipinski definition) is 1. The number of aromatic amines is 1. The first-order valence-corrected chi connectivity index (χ1v) is 7.22. The van der Waals surface area contributed by atoms with Crippen LogP contribution in [0.25, 0.3) is 0 Å². The fraction of sp³-hybridized carbons (Fsp3) is 0.353. The maximum absolute atomic E-state index is 12.8. The van der Waals surface area contributed by atoms with Gasteiger partial charge in [0.15, 0.2) is 0 Å². The molecule has 0 bridgehead atoms. The van der Waals surface area contributed by atoms with Gasteiger partial charge >= 0.3 is 5.69 Å². The van der Waals surface area contributed by atoms with Crippen LogP contribution in [-0.4, -0.2) is 15.3 Å². The summed E-state index contributed by atoms with van der Waals surface area (Å²) in [6.45, 7) is 9.12. The number of allylic oxidation sites excluding steroid dienone is 5. The van der Waals surface area contributed by atoms with Crippen molar-refractivity contribution in [3.63, 3.8) is 0 Å². The molecule has 1 N–H and O–H groups in total. The van der Waals surface area contributed by atoms with Gasteiger partial charge in [0.25, 0.3) is 5.56 Å². The molecule has 0 aliphatic carbocycles. The van der Waals surface area contributed by atoms with Crippen molar-refractivity contribution in [3.8, 4) is 0 Å². The van der Waals surface area contributed by atoms with Gasteiger partial charge in [-0.3, -0.25) is 19.1 Å². The van der Waals surface area contributed by atoms with E-state index in [4.69, 9.17) is 0 Å². The van der Waals surface area contributed by atoms with Crippen molar-refractivity contribution >= 4 is 5.78 Å². The summed E-state index contributed by atoms with van der Waals surface area (Å²) in [5, 5.41) is 0. The number of aromatic nitrogens is 2. The number of H-pyrrole nitrogens is 1. The van der Waals surface area contributed by atoms with Crippen LogP contribution in [0, 0.1) is 0 Å². The number of nitrogens with one attached hydrogen (secondary N) is 1. The van der Waals surface area contributed by atoms with Crippen LogP contribution in [0.2, 0.25) is 0 Å². The Morgan fingerprint density at radius 1 is 1.36 bits per heavy atom. The molecule has 118 valence electrons. The van der Waals surface area contributed by atoms with Gasteiger partial charge in [-0.1, -0.05) is 51.7 Å². The summed E-state index contributed by atoms with van der Waals surface area (Å²) >= 11 is 0. The van der Waals surface area contributed by atoms with Crippen molar-refractivity contribution in [2.45, 2.75) is 33.1 Å². The smallest absolute Gasteiger partial charge is 0.293 e. The van der Waals surface area contributed by atoms with Gasteiger partial charge in [0.2, 0.25) is 5.78 Å². The number of carbonyl (C=O) groups excluding carboxylic acids is 1. The second-order valence-corrected chi connectivity index (χ2v) is 5.23. The van der Waals surface area contributed by atoms with E-state index >= 15 is 0 Å². The Morgan fingerprint density at radius 3 is 2.50 bits per heavy atom. The predicted octanol–water partition coefficient (Wildman–Crippen LogP) is 2.46. The van der Waals surface area contributed by atoms with E-state index in [0.717, 1.165) is 0 Å². The average Bonchev–Trinajstić information content (AvgIpc) is 2.45. The maximum Gasteiger partial charge on any atom is 0.328 e. The van der Waals surface area contributed by atoms with Gasteiger partial charge in [-0.25, -0.2) is 4.79 Å². The minimum Gasteiger partial charge on any atom is -0.293 e. The van der Waals surface area contributed by atoms with Crippen LogP contribution in [0.15, 0.2) is 46.0 Å². The molecule has 0 saturated carbocycles. The van der Waals surface area contributed by atoms with Crippen LogP contribution in [0.1, 0.15) is 49.2 Å². The molecule has 0 atom stereocenters. The highest BCUT2D eigenvalue weighted by Crippen LogP contribution is 2.18. The highest BCUT2D eigenvalue weighted by molar-refractivity contribution is 6.10. The topological polar surface area (TPSA) is 71.9 Å². The van der Waals surface area contributed by atoms with E-state index in [0.29, 0.717) is 17.6 Å². The van der Waals surface area contributed by atoms with E-state index in [1.807, 2.05) is 20.8 Å². The predicted molar refractivity (Wildman–Crippen MR) is 88.4 cm³/mol. The van der Waals surface area contributed by atoms with Crippen LogP contribution in [0.4, 0.5) is 0 Å². The summed E-state index contributed by atoms with van der Waals surface area (Å²) in [5.41, 5.74) is -0.213. The average molecular weight is 302 g/mol. The first-order chi connectivity index (χ1) is 10.3. The zero-order valence-electron chi connectivity index (χ0n) is 13.5. The lowest BCUT2D eigenvalue weighted by Crippen LogP contribution is -2.36. The zero-order chi connectivity index (χ0) is 16.9. The van der Waals surface area contributed by atoms with Crippen molar-refractivity contribution in [1.29, 1.82) is 0 Å². The Bertz CT molecular complexity index is 746. The van der Waals surface area contributed by atoms with Crippen molar-refractivity contribution in [1.82, 2.24) is 9.55 Å². The minimum atomic E-state index is -0.596. The Morgan fingerprint density at radius 2 is 2.00 bits per heavy atom. The third-order valence-corrected chi connectivity index (χ3v) is 3.25. The summed E-state index contributed by atoms with van der Waals surface area (Å²) in [6, 6.07) is 0. The van der Waals surface area contributed by atoms with E-state index < -0.39 is 11.2 Å². The second-order valence-electron chi connectivity index (χ2n) is 5.23. The highest BCUT2D eigenvalue weighted by Gasteiger charge is 2.23. The summed E-state index contributed by atoms with van der Waals surface area (Å²) in [5.74, 6) is -0.518. The molecule has 0 fully saturated rings. The van der Waals surface area contributed by atoms with Crippen LogP contribution < -0.4 is 11.2 Å². The first-order valence-electron chi connectivity index (χ1n) is 7.22. The van der Waals surface area contributed by atoms with Gasteiger partial charge in [-0.2, -0.15) is 0 Å². The number of nitrogens with zero attached hydrogens (tertiary/aromatic N) is 1. The summed E-state index contributed by atoms with van der Waals surface area (Å²) < 4.78 is 1.20. The Balaban J connectivity index is 3.67. The van der Waals surface area contributed by atoms with Crippen molar-refractivity contribution in [2.24, 2.45) is 7.05 Å². The summed E-state index contributed by atoms with van der Waals surface area (Å²) in [4.78, 5) is 39.0. The van der Waals surface area contributed by atoms with Gasteiger partial charge in [-0.15, -0.1) is 0 Å². The van der Waals surface area contributed by atoms with E-state index in [9.17, 15) is 14.4 Å². The molecule has 1 aromatic heterocycles. The molecule has 0 aliphatic rings. The standard InChI is InChI=1S/C17H22N2O3/c1-6-8-10-12(9-7-2)15(20)14-13(11(3)4)16(21)18-17(22)19(14)5/h6,8-11H,1,7H2,2-5H3,(H,18,21,22)/b10-8-,12-9+. The van der Waals surface area contributed by atoms with Crippen molar-refractivity contribution in [2.75, 3.05) is 0 Å². The van der Waals surface area contributed by atoms with Gasteiger partial charge in [-0.05, 0) is 12.3 Å². The van der Waals surface area contributed by atoms with E-state index in [1.54, 1.807) is 24.3 Å².